The molecule has 1 saturated heterocycles. The first-order chi connectivity index (χ1) is 10.5. The highest BCUT2D eigenvalue weighted by Crippen LogP contribution is 2.30. The van der Waals surface area contributed by atoms with E-state index in [1.165, 1.54) is 0 Å². The maximum Gasteiger partial charge on any atom is 0.257 e. The molecular weight excluding hydrogens is 278 g/mol. The van der Waals surface area contributed by atoms with Crippen LogP contribution in [0.2, 0.25) is 0 Å². The summed E-state index contributed by atoms with van der Waals surface area (Å²) in [4.78, 5) is 18.7. The smallest absolute Gasteiger partial charge is 0.257 e. The van der Waals surface area contributed by atoms with Gasteiger partial charge in [-0.25, -0.2) is 0 Å². The third-order valence-corrected chi connectivity index (χ3v) is 4.44. The van der Waals surface area contributed by atoms with Crippen molar-refractivity contribution in [2.75, 3.05) is 13.1 Å². The molecule has 0 spiro atoms. The first-order valence-electron chi connectivity index (χ1n) is 7.47. The van der Waals surface area contributed by atoms with E-state index in [0.29, 0.717) is 18.7 Å². The zero-order valence-corrected chi connectivity index (χ0v) is 12.9. The Labute approximate surface area is 129 Å². The van der Waals surface area contributed by atoms with Gasteiger partial charge in [0.2, 0.25) is 0 Å². The summed E-state index contributed by atoms with van der Waals surface area (Å²) in [6, 6.07) is 3.85. The van der Waals surface area contributed by atoms with E-state index < -0.39 is 0 Å². The van der Waals surface area contributed by atoms with E-state index in [0.717, 1.165) is 17.7 Å². The molecule has 1 amide bonds. The molecule has 1 aliphatic rings. The first-order valence-corrected chi connectivity index (χ1v) is 7.47. The average Bonchev–Trinajstić information content (AvgIpc) is 2.99. The molecular formula is C16H21N5O. The van der Waals surface area contributed by atoms with Crippen molar-refractivity contribution >= 4 is 5.91 Å². The monoisotopic (exact) mass is 299 g/mol. The summed E-state index contributed by atoms with van der Waals surface area (Å²) in [5.41, 5.74) is 8.31. The second-order valence-electron chi connectivity index (χ2n) is 6.51. The van der Waals surface area contributed by atoms with Crippen molar-refractivity contribution in [2.45, 2.75) is 26.3 Å². The lowest BCUT2D eigenvalue weighted by molar-refractivity contribution is 0.0534. The van der Waals surface area contributed by atoms with E-state index >= 15 is 0 Å². The number of H-pyrrole nitrogens is 1. The van der Waals surface area contributed by atoms with Gasteiger partial charge in [-0.05, 0) is 24.0 Å². The summed E-state index contributed by atoms with van der Waals surface area (Å²) in [5.74, 6) is 0.000497. The summed E-state index contributed by atoms with van der Waals surface area (Å²) in [6.45, 7) is 5.56. The van der Waals surface area contributed by atoms with Crippen LogP contribution < -0.4 is 5.73 Å². The lowest BCUT2D eigenvalue weighted by Gasteiger charge is -2.42. The summed E-state index contributed by atoms with van der Waals surface area (Å²) < 4.78 is 0. The van der Waals surface area contributed by atoms with Gasteiger partial charge in [-0.15, -0.1) is 0 Å². The van der Waals surface area contributed by atoms with Crippen molar-refractivity contribution in [1.82, 2.24) is 20.1 Å². The van der Waals surface area contributed by atoms with E-state index in [2.05, 4.69) is 29.0 Å². The number of aromatic amines is 1. The van der Waals surface area contributed by atoms with Crippen LogP contribution in [-0.2, 0) is 0 Å². The zero-order valence-electron chi connectivity index (χ0n) is 12.9. The Hall–Kier alpha value is -2.21. The number of piperidine rings is 1. The molecule has 0 bridgehead atoms. The number of nitrogens with one attached hydrogen (secondary N) is 1. The third kappa shape index (κ3) is 2.62. The van der Waals surface area contributed by atoms with Gasteiger partial charge in [0, 0.05) is 37.1 Å². The molecule has 1 fully saturated rings. The third-order valence-electron chi connectivity index (χ3n) is 4.44. The Morgan fingerprint density at radius 3 is 2.82 bits per heavy atom. The molecule has 0 saturated carbocycles. The van der Waals surface area contributed by atoms with E-state index in [1.807, 2.05) is 17.0 Å². The fourth-order valence-electron chi connectivity index (χ4n) is 2.90. The minimum atomic E-state index is -0.0749. The maximum absolute atomic E-state index is 12.9. The van der Waals surface area contributed by atoms with Crippen LogP contribution in [0.25, 0.3) is 11.3 Å². The fourth-order valence-corrected chi connectivity index (χ4v) is 2.90. The van der Waals surface area contributed by atoms with Crippen molar-refractivity contribution in [3.63, 3.8) is 0 Å². The predicted octanol–water partition coefficient (Wildman–Crippen LogP) is 1.67. The SMILES string of the molecule is CC1(C)CN(C(=O)c2cn[nH]c2-c2ccncc2)CCC1N. The van der Waals surface area contributed by atoms with Gasteiger partial charge in [-0.1, -0.05) is 13.8 Å². The van der Waals surface area contributed by atoms with Crippen molar-refractivity contribution in [2.24, 2.45) is 11.1 Å². The molecule has 2 aromatic heterocycles. The highest BCUT2D eigenvalue weighted by molar-refractivity contribution is 5.99. The average molecular weight is 299 g/mol. The Morgan fingerprint density at radius 2 is 2.14 bits per heavy atom. The van der Waals surface area contributed by atoms with Crippen molar-refractivity contribution in [3.05, 3.63) is 36.3 Å². The lowest BCUT2D eigenvalue weighted by Crippen LogP contribution is -2.54. The number of carbonyl (C=O) groups excluding carboxylic acids is 1. The molecule has 116 valence electrons. The minimum absolute atomic E-state index is 0.000497. The summed E-state index contributed by atoms with van der Waals surface area (Å²) >= 11 is 0. The second-order valence-corrected chi connectivity index (χ2v) is 6.51. The van der Waals surface area contributed by atoms with Gasteiger partial charge in [0.25, 0.3) is 5.91 Å². The molecule has 1 aliphatic heterocycles. The fraction of sp³-hybridized carbons (Fsp3) is 0.438. The van der Waals surface area contributed by atoms with Crippen molar-refractivity contribution < 1.29 is 4.79 Å². The molecule has 22 heavy (non-hydrogen) atoms. The quantitative estimate of drug-likeness (QED) is 0.883. The Kier molecular flexibility index (Phi) is 3.70. The summed E-state index contributed by atoms with van der Waals surface area (Å²) in [5, 5.41) is 6.97. The van der Waals surface area contributed by atoms with E-state index in [4.69, 9.17) is 5.73 Å². The van der Waals surface area contributed by atoms with Crippen LogP contribution in [0.5, 0.6) is 0 Å². The lowest BCUT2D eigenvalue weighted by atomic mass is 9.79. The zero-order chi connectivity index (χ0) is 15.7. The number of rotatable bonds is 2. The Balaban J connectivity index is 1.87. The Bertz CT molecular complexity index is 664. The second kappa shape index (κ2) is 5.53. The molecule has 0 aliphatic carbocycles. The van der Waals surface area contributed by atoms with Crippen molar-refractivity contribution in [1.29, 1.82) is 0 Å². The highest BCUT2D eigenvalue weighted by atomic mass is 16.2. The molecule has 1 atom stereocenters. The number of hydrogen-bond donors (Lipinski definition) is 2. The predicted molar refractivity (Wildman–Crippen MR) is 84.1 cm³/mol. The van der Waals surface area contributed by atoms with Crippen LogP contribution in [0.4, 0.5) is 0 Å². The van der Waals surface area contributed by atoms with Gasteiger partial charge in [-0.2, -0.15) is 5.10 Å². The number of amides is 1. The number of likely N-dealkylation sites (tertiary alicyclic amines) is 1. The first kappa shape index (κ1) is 14.7. The van der Waals surface area contributed by atoms with Gasteiger partial charge in [0.1, 0.15) is 0 Å². The van der Waals surface area contributed by atoms with Crippen LogP contribution in [0.3, 0.4) is 0 Å². The van der Waals surface area contributed by atoms with Crippen LogP contribution in [-0.4, -0.2) is 45.1 Å². The van der Waals surface area contributed by atoms with Gasteiger partial charge in [0.15, 0.2) is 0 Å². The molecule has 3 heterocycles. The largest absolute Gasteiger partial charge is 0.338 e. The summed E-state index contributed by atoms with van der Waals surface area (Å²) in [7, 11) is 0. The van der Waals surface area contributed by atoms with Gasteiger partial charge < -0.3 is 10.6 Å². The molecule has 0 aromatic carbocycles. The van der Waals surface area contributed by atoms with Crippen molar-refractivity contribution in [3.8, 4) is 11.3 Å². The standard InChI is InChI=1S/C16H21N5O/c1-16(2)10-21(8-5-13(16)17)15(22)12-9-19-20-14(12)11-3-6-18-7-4-11/h3-4,6-7,9,13H,5,8,10,17H2,1-2H3,(H,19,20). The molecule has 2 aromatic rings. The topological polar surface area (TPSA) is 87.9 Å². The molecule has 6 nitrogen and oxygen atoms in total. The summed E-state index contributed by atoms with van der Waals surface area (Å²) in [6.07, 6.45) is 5.82. The van der Waals surface area contributed by atoms with Crippen LogP contribution in [0.1, 0.15) is 30.6 Å². The van der Waals surface area contributed by atoms with Crippen LogP contribution in [0.15, 0.2) is 30.7 Å². The molecule has 3 rings (SSSR count). The molecule has 3 N–H and O–H groups in total. The van der Waals surface area contributed by atoms with Crippen LogP contribution >= 0.6 is 0 Å². The number of nitrogens with two attached hydrogens (primary N) is 1. The number of hydrogen-bond acceptors (Lipinski definition) is 4. The molecule has 6 heteroatoms. The number of carbonyl (C=O) groups is 1. The Morgan fingerprint density at radius 1 is 1.41 bits per heavy atom. The van der Waals surface area contributed by atoms with Gasteiger partial charge >= 0.3 is 0 Å². The van der Waals surface area contributed by atoms with E-state index in [9.17, 15) is 4.79 Å². The number of aromatic nitrogens is 3. The maximum atomic E-state index is 12.9. The van der Waals surface area contributed by atoms with E-state index in [-0.39, 0.29) is 17.4 Å². The number of nitrogens with zero attached hydrogens (tertiary/aromatic N) is 3. The normalized spacial score (nSPS) is 20.9. The number of pyridine rings is 1. The van der Waals surface area contributed by atoms with Crippen LogP contribution in [0, 0.1) is 5.41 Å². The highest BCUT2D eigenvalue weighted by Gasteiger charge is 2.36. The van der Waals surface area contributed by atoms with Gasteiger partial charge in [0.05, 0.1) is 17.5 Å². The minimum Gasteiger partial charge on any atom is -0.338 e. The van der Waals surface area contributed by atoms with E-state index in [1.54, 1.807) is 18.6 Å². The van der Waals surface area contributed by atoms with Gasteiger partial charge in [-0.3, -0.25) is 14.9 Å². The molecule has 0 radical (unpaired) electrons. The molecule has 1 unspecified atom stereocenters.